The lowest BCUT2D eigenvalue weighted by Gasteiger charge is -2.18. The van der Waals surface area contributed by atoms with E-state index >= 15 is 0 Å². The molecule has 0 aliphatic heterocycles. The van der Waals surface area contributed by atoms with Crippen molar-refractivity contribution in [3.63, 3.8) is 0 Å². The normalized spacial score (nSPS) is 13.9. The van der Waals surface area contributed by atoms with E-state index in [2.05, 4.69) is 15.1 Å². The number of benzene rings is 1. The number of H-pyrrole nitrogens is 1. The molecule has 4 aromatic rings. The van der Waals surface area contributed by atoms with Crippen molar-refractivity contribution in [2.45, 2.75) is 45.2 Å². The summed E-state index contributed by atoms with van der Waals surface area (Å²) in [6, 6.07) is 9.23. The van der Waals surface area contributed by atoms with Gasteiger partial charge in [-0.2, -0.15) is 5.10 Å². The predicted molar refractivity (Wildman–Crippen MR) is 118 cm³/mol. The molecule has 1 saturated carbocycles. The second kappa shape index (κ2) is 7.30. The van der Waals surface area contributed by atoms with Crippen LogP contribution in [0.25, 0.3) is 21.9 Å². The van der Waals surface area contributed by atoms with E-state index in [9.17, 15) is 9.59 Å². The molecule has 3 heterocycles. The van der Waals surface area contributed by atoms with Gasteiger partial charge in [0.05, 0.1) is 34.6 Å². The van der Waals surface area contributed by atoms with Crippen molar-refractivity contribution < 1.29 is 4.79 Å². The second-order valence-electron chi connectivity index (χ2n) is 8.48. The maximum Gasteiger partial charge on any atom is 0.258 e. The molecule has 1 aromatic carbocycles. The average molecular weight is 416 g/mol. The molecule has 0 spiro atoms. The number of fused-ring (bicyclic) bond motifs is 2. The van der Waals surface area contributed by atoms with Crippen LogP contribution in [0.15, 0.2) is 41.3 Å². The molecule has 1 aliphatic rings. The molecule has 1 fully saturated rings. The van der Waals surface area contributed by atoms with Gasteiger partial charge in [-0.05, 0) is 44.9 Å². The Morgan fingerprint density at radius 1 is 1.23 bits per heavy atom. The summed E-state index contributed by atoms with van der Waals surface area (Å²) in [7, 11) is 1.72. The number of nitrogens with zero attached hydrogens (tertiary/aromatic N) is 5. The zero-order valence-electron chi connectivity index (χ0n) is 17.8. The van der Waals surface area contributed by atoms with Crippen LogP contribution in [0.3, 0.4) is 0 Å². The molecule has 1 amide bonds. The summed E-state index contributed by atoms with van der Waals surface area (Å²) in [5, 5.41) is 5.75. The number of amides is 1. The van der Waals surface area contributed by atoms with Crippen molar-refractivity contribution in [2.75, 3.05) is 7.05 Å². The van der Waals surface area contributed by atoms with E-state index in [0.717, 1.165) is 29.6 Å². The van der Waals surface area contributed by atoms with Gasteiger partial charge in [0, 0.05) is 24.7 Å². The van der Waals surface area contributed by atoms with Gasteiger partial charge in [-0.1, -0.05) is 12.1 Å². The molecule has 1 N–H and O–H groups in total. The highest BCUT2D eigenvalue weighted by molar-refractivity contribution is 6.05. The minimum absolute atomic E-state index is 0.145. The summed E-state index contributed by atoms with van der Waals surface area (Å²) < 4.78 is 1.86. The van der Waals surface area contributed by atoms with Crippen LogP contribution in [0.4, 0.5) is 0 Å². The number of nitrogens with one attached hydrogen (secondary N) is 1. The lowest BCUT2D eigenvalue weighted by atomic mass is 10.1. The lowest BCUT2D eigenvalue weighted by molar-refractivity contribution is 0.0783. The molecule has 0 bridgehead atoms. The highest BCUT2D eigenvalue weighted by Crippen LogP contribution is 2.40. The van der Waals surface area contributed by atoms with Crippen LogP contribution >= 0.6 is 0 Å². The Morgan fingerprint density at radius 2 is 2.00 bits per heavy atom. The number of hydrogen-bond donors (Lipinski definition) is 1. The summed E-state index contributed by atoms with van der Waals surface area (Å²) in [6.45, 7) is 4.29. The molecule has 0 unspecified atom stereocenters. The molecule has 8 nitrogen and oxygen atoms in total. The van der Waals surface area contributed by atoms with Crippen molar-refractivity contribution in [1.29, 1.82) is 0 Å². The van der Waals surface area contributed by atoms with Crippen molar-refractivity contribution in [2.24, 2.45) is 0 Å². The van der Waals surface area contributed by atoms with Crippen LogP contribution in [-0.2, 0) is 6.54 Å². The van der Waals surface area contributed by atoms with E-state index in [1.807, 2.05) is 30.7 Å². The fourth-order valence-corrected chi connectivity index (χ4v) is 3.89. The van der Waals surface area contributed by atoms with Gasteiger partial charge in [-0.3, -0.25) is 9.59 Å². The van der Waals surface area contributed by atoms with Gasteiger partial charge < -0.3 is 9.88 Å². The summed E-state index contributed by atoms with van der Waals surface area (Å²) in [4.78, 5) is 39.5. The standard InChI is InChI=1S/C23H24N6O2/c1-13(2)29-21-17(11-24-29)16(10-19(26-21)14-8-9-14)23(31)28(3)12-20-25-18-7-5-4-6-15(18)22(30)27-20/h4-7,10-11,13-14H,8-9,12H2,1-3H3,(H,25,27,30). The third kappa shape index (κ3) is 3.48. The van der Waals surface area contributed by atoms with Gasteiger partial charge in [0.1, 0.15) is 5.82 Å². The largest absolute Gasteiger partial charge is 0.334 e. The molecule has 0 atom stereocenters. The van der Waals surface area contributed by atoms with Crippen molar-refractivity contribution in [3.05, 3.63) is 64.0 Å². The third-order valence-electron chi connectivity index (χ3n) is 5.70. The highest BCUT2D eigenvalue weighted by atomic mass is 16.2. The fraction of sp³-hybridized carbons (Fsp3) is 0.348. The van der Waals surface area contributed by atoms with Crippen LogP contribution < -0.4 is 5.56 Å². The molecule has 3 aromatic heterocycles. The number of rotatable bonds is 5. The van der Waals surface area contributed by atoms with Crippen LogP contribution in [0.1, 0.15) is 60.5 Å². The zero-order chi connectivity index (χ0) is 21.7. The molecule has 31 heavy (non-hydrogen) atoms. The molecular weight excluding hydrogens is 392 g/mol. The number of para-hydroxylation sites is 1. The van der Waals surface area contributed by atoms with Crippen LogP contribution in [-0.4, -0.2) is 42.6 Å². The van der Waals surface area contributed by atoms with Gasteiger partial charge >= 0.3 is 0 Å². The SMILES string of the molecule is CC(C)n1ncc2c(C(=O)N(C)Cc3nc4ccccc4c(=O)[nH]3)cc(C3CC3)nc21. The van der Waals surface area contributed by atoms with Gasteiger partial charge in [0.2, 0.25) is 0 Å². The third-order valence-corrected chi connectivity index (χ3v) is 5.70. The first-order chi connectivity index (χ1) is 14.9. The molecule has 0 saturated heterocycles. The number of carbonyl (C=O) groups is 1. The maximum atomic E-state index is 13.4. The maximum absolute atomic E-state index is 13.4. The smallest absolute Gasteiger partial charge is 0.258 e. The van der Waals surface area contributed by atoms with Crippen LogP contribution in [0.5, 0.6) is 0 Å². The van der Waals surface area contributed by atoms with Gasteiger partial charge in [-0.25, -0.2) is 14.6 Å². The minimum Gasteiger partial charge on any atom is -0.334 e. The summed E-state index contributed by atoms with van der Waals surface area (Å²) >= 11 is 0. The van der Waals surface area contributed by atoms with E-state index in [-0.39, 0.29) is 24.1 Å². The fourth-order valence-electron chi connectivity index (χ4n) is 3.89. The van der Waals surface area contributed by atoms with Crippen molar-refractivity contribution in [3.8, 4) is 0 Å². The predicted octanol–water partition coefficient (Wildman–Crippen LogP) is 3.40. The van der Waals surface area contributed by atoms with E-state index in [0.29, 0.717) is 28.2 Å². The number of pyridine rings is 1. The summed E-state index contributed by atoms with van der Waals surface area (Å²) in [5.41, 5.74) is 2.69. The Morgan fingerprint density at radius 3 is 2.74 bits per heavy atom. The monoisotopic (exact) mass is 416 g/mol. The zero-order valence-corrected chi connectivity index (χ0v) is 17.8. The molecule has 158 valence electrons. The first-order valence-corrected chi connectivity index (χ1v) is 10.5. The summed E-state index contributed by atoms with van der Waals surface area (Å²) in [5.74, 6) is 0.717. The van der Waals surface area contributed by atoms with Gasteiger partial charge in [0.25, 0.3) is 11.5 Å². The van der Waals surface area contributed by atoms with Crippen LogP contribution in [0.2, 0.25) is 0 Å². The van der Waals surface area contributed by atoms with Gasteiger partial charge in [-0.15, -0.1) is 0 Å². The first-order valence-electron chi connectivity index (χ1n) is 10.5. The highest BCUT2D eigenvalue weighted by Gasteiger charge is 2.29. The Bertz CT molecular complexity index is 1370. The Labute approximate surface area is 178 Å². The quantitative estimate of drug-likeness (QED) is 0.538. The first kappa shape index (κ1) is 19.4. The number of carbonyl (C=O) groups excluding carboxylic acids is 1. The molecule has 8 heteroatoms. The molecule has 5 rings (SSSR count). The van der Waals surface area contributed by atoms with E-state index in [1.54, 1.807) is 36.3 Å². The Hall–Kier alpha value is -3.55. The Balaban J connectivity index is 1.51. The number of hydrogen-bond acceptors (Lipinski definition) is 5. The molecule has 1 aliphatic carbocycles. The van der Waals surface area contributed by atoms with E-state index in [4.69, 9.17) is 4.98 Å². The molecule has 0 radical (unpaired) electrons. The summed E-state index contributed by atoms with van der Waals surface area (Å²) in [6.07, 6.45) is 3.91. The topological polar surface area (TPSA) is 96.8 Å². The van der Waals surface area contributed by atoms with Crippen LogP contribution in [0, 0.1) is 0 Å². The minimum atomic E-state index is -0.207. The number of aromatic nitrogens is 5. The molecular formula is C23H24N6O2. The van der Waals surface area contributed by atoms with Crippen molar-refractivity contribution >= 4 is 27.8 Å². The van der Waals surface area contributed by atoms with E-state index < -0.39 is 0 Å². The second-order valence-corrected chi connectivity index (χ2v) is 8.48. The number of aromatic amines is 1. The van der Waals surface area contributed by atoms with Crippen molar-refractivity contribution in [1.82, 2.24) is 29.6 Å². The lowest BCUT2D eigenvalue weighted by Crippen LogP contribution is -2.28. The average Bonchev–Trinajstić information content (AvgIpc) is 3.51. The van der Waals surface area contributed by atoms with E-state index in [1.165, 1.54) is 0 Å². The van der Waals surface area contributed by atoms with Gasteiger partial charge in [0.15, 0.2) is 5.65 Å². The Kier molecular flexibility index (Phi) is 4.57.